The molecular weight excluding hydrogens is 688 g/mol. The van der Waals surface area contributed by atoms with Crippen molar-refractivity contribution in [2.75, 3.05) is 20.4 Å². The molecule has 1 rings (SSSR count). The first-order valence-electron chi connectivity index (χ1n) is 15.3. The Balaban J connectivity index is 3.38. The number of amides is 1. The topological polar surface area (TPSA) is 220 Å². The molecule has 1 amide bonds. The van der Waals surface area contributed by atoms with Crippen LogP contribution in [0.3, 0.4) is 0 Å². The third kappa shape index (κ3) is 14.1. The van der Waals surface area contributed by atoms with Gasteiger partial charge in [-0.3, -0.25) is 37.1 Å². The quantitative estimate of drug-likeness (QED) is 0.0744. The predicted octanol–water partition coefficient (Wildman–Crippen LogP) is 5.80. The Bertz CT molecular complexity index is 1330. The van der Waals surface area contributed by atoms with Crippen molar-refractivity contribution in [3.05, 3.63) is 35.9 Å². The zero-order chi connectivity index (χ0) is 37.9. The van der Waals surface area contributed by atoms with Gasteiger partial charge in [-0.25, -0.2) is 4.79 Å². The third-order valence-corrected chi connectivity index (χ3v) is 11.5. The Morgan fingerprint density at radius 1 is 0.714 bits per heavy atom. The van der Waals surface area contributed by atoms with Gasteiger partial charge in [0.05, 0.1) is 16.2 Å². The van der Waals surface area contributed by atoms with E-state index in [4.69, 9.17) is 32.5 Å². The fourth-order valence-corrected chi connectivity index (χ4v) is 7.17. The molecule has 0 saturated heterocycles. The van der Waals surface area contributed by atoms with Crippen molar-refractivity contribution in [2.45, 2.75) is 99.8 Å². The van der Waals surface area contributed by atoms with Gasteiger partial charge in [0.25, 0.3) is 5.08 Å². The van der Waals surface area contributed by atoms with Gasteiger partial charge in [0.1, 0.15) is 6.61 Å². The van der Waals surface area contributed by atoms with Crippen LogP contribution in [0.15, 0.2) is 30.3 Å². The second-order valence-electron chi connectivity index (χ2n) is 14.2. The number of esters is 3. The van der Waals surface area contributed by atoms with E-state index in [0.29, 0.717) is 5.56 Å². The van der Waals surface area contributed by atoms with Crippen LogP contribution in [0.4, 0.5) is 4.79 Å². The molecule has 1 aromatic rings. The van der Waals surface area contributed by atoms with Crippen LogP contribution < -0.4 is 5.32 Å². The van der Waals surface area contributed by atoms with Crippen molar-refractivity contribution in [1.29, 1.82) is 0 Å². The maximum absolute atomic E-state index is 14.4. The number of carbonyl (C=O) groups excluding carboxylic acids is 4. The second-order valence-corrected chi connectivity index (χ2v) is 18.9. The van der Waals surface area contributed by atoms with Crippen LogP contribution in [0.5, 0.6) is 0 Å². The Morgan fingerprint density at radius 2 is 1.12 bits per heavy atom. The van der Waals surface area contributed by atoms with Crippen LogP contribution in [0.2, 0.25) is 0 Å². The largest absolute Gasteiger partial charge is 0.445 e. The standard InChI is InChI=1S/C31H51NO15P2/c1-22(32-27(36)41-18-23-14-12-11-13-15-23)16-17-31(37,48(38,39)45-19-42-24(33)28(2,3)4)49(40,46-20-43-25(34)29(5,6)7)47-21-44-26(35)30(8,9)10/h11-15,22,37H,16-21H2,1-10H3,(H,32,36)(H,38,39). The van der Waals surface area contributed by atoms with Crippen molar-refractivity contribution in [3.8, 4) is 0 Å². The maximum atomic E-state index is 14.4. The zero-order valence-corrected chi connectivity index (χ0v) is 31.6. The molecule has 0 heterocycles. The highest BCUT2D eigenvalue weighted by Gasteiger charge is 2.64. The van der Waals surface area contributed by atoms with Gasteiger partial charge in [-0.15, -0.1) is 0 Å². The number of hydrogen-bond acceptors (Lipinski definition) is 14. The van der Waals surface area contributed by atoms with Crippen LogP contribution in [0.1, 0.15) is 87.6 Å². The van der Waals surface area contributed by atoms with Gasteiger partial charge in [-0.1, -0.05) is 30.3 Å². The monoisotopic (exact) mass is 739 g/mol. The summed E-state index contributed by atoms with van der Waals surface area (Å²) >= 11 is 0. The summed E-state index contributed by atoms with van der Waals surface area (Å²) in [7, 11) is -11.1. The number of benzene rings is 1. The number of hydrogen-bond donors (Lipinski definition) is 3. The fraction of sp³-hybridized carbons (Fsp3) is 0.677. The molecule has 0 fully saturated rings. The summed E-state index contributed by atoms with van der Waals surface area (Å²) in [6.07, 6.45) is -2.16. The number of carbonyl (C=O) groups is 4. The molecule has 280 valence electrons. The Labute approximate surface area is 287 Å². The average molecular weight is 740 g/mol. The van der Waals surface area contributed by atoms with Crippen LogP contribution in [-0.2, 0) is 62.6 Å². The highest BCUT2D eigenvalue weighted by molar-refractivity contribution is 7.73. The fourth-order valence-electron chi connectivity index (χ4n) is 3.33. The minimum Gasteiger partial charge on any atom is -0.445 e. The van der Waals surface area contributed by atoms with Crippen molar-refractivity contribution < 1.29 is 70.8 Å². The minimum atomic E-state index is -5.64. The normalized spacial score (nSPS) is 15.6. The number of ether oxygens (including phenoxy) is 4. The molecule has 3 unspecified atom stereocenters. The number of nitrogens with one attached hydrogen (secondary N) is 1. The molecule has 0 aromatic heterocycles. The van der Waals surface area contributed by atoms with Crippen molar-refractivity contribution in [2.24, 2.45) is 16.2 Å². The zero-order valence-electron chi connectivity index (χ0n) is 29.8. The molecule has 49 heavy (non-hydrogen) atoms. The van der Waals surface area contributed by atoms with Crippen molar-refractivity contribution >= 4 is 39.2 Å². The Morgan fingerprint density at radius 3 is 1.53 bits per heavy atom. The minimum absolute atomic E-state index is 0.0618. The smallest absolute Gasteiger partial charge is 0.407 e. The first-order chi connectivity index (χ1) is 22.2. The molecule has 3 atom stereocenters. The van der Waals surface area contributed by atoms with Gasteiger partial charge in [-0.05, 0) is 81.2 Å². The summed E-state index contributed by atoms with van der Waals surface area (Å²) in [5.41, 5.74) is -2.42. The summed E-state index contributed by atoms with van der Waals surface area (Å²) in [5, 5.41) is 10.9. The lowest BCUT2D eigenvalue weighted by Crippen LogP contribution is -2.38. The number of aliphatic hydroxyl groups is 1. The SMILES string of the molecule is CC(CCC(O)(P(=O)(O)OCOC(=O)C(C)(C)C)P(=O)(OCOC(=O)C(C)(C)C)OCOC(=O)C(C)(C)C)NC(=O)OCc1ccccc1. The first kappa shape index (κ1) is 44.2. The average Bonchev–Trinajstić information content (AvgIpc) is 2.97. The molecule has 0 aliphatic rings. The molecular formula is C31H51NO15P2. The molecule has 1 aromatic carbocycles. The Kier molecular flexibility index (Phi) is 16.1. The highest BCUT2D eigenvalue weighted by Crippen LogP contribution is 2.76. The van der Waals surface area contributed by atoms with E-state index in [1.165, 1.54) is 69.2 Å². The van der Waals surface area contributed by atoms with E-state index in [9.17, 15) is 38.3 Å². The van der Waals surface area contributed by atoms with Crippen molar-refractivity contribution in [1.82, 2.24) is 5.32 Å². The van der Waals surface area contributed by atoms with Gasteiger partial charge in [0.15, 0.2) is 0 Å². The molecule has 0 bridgehead atoms. The summed E-state index contributed by atoms with van der Waals surface area (Å²) in [6, 6.07) is 7.90. The van der Waals surface area contributed by atoms with Gasteiger partial charge < -0.3 is 34.3 Å². The molecule has 0 radical (unpaired) electrons. The highest BCUT2D eigenvalue weighted by atomic mass is 31.2. The predicted molar refractivity (Wildman–Crippen MR) is 175 cm³/mol. The van der Waals surface area contributed by atoms with E-state index in [1.807, 2.05) is 0 Å². The lowest BCUT2D eigenvalue weighted by molar-refractivity contribution is -0.162. The second kappa shape index (κ2) is 17.9. The van der Waals surface area contributed by atoms with Crippen LogP contribution >= 0.6 is 15.2 Å². The summed E-state index contributed by atoms with van der Waals surface area (Å²) in [5.74, 6) is -2.49. The third-order valence-electron chi connectivity index (χ3n) is 6.46. The molecule has 16 nitrogen and oxygen atoms in total. The van der Waals surface area contributed by atoms with Gasteiger partial charge in [0, 0.05) is 12.5 Å². The summed E-state index contributed by atoms with van der Waals surface area (Å²) < 4.78 is 63.6. The van der Waals surface area contributed by atoms with Gasteiger partial charge in [0.2, 0.25) is 20.4 Å². The molecule has 0 aliphatic carbocycles. The van der Waals surface area contributed by atoms with Crippen molar-refractivity contribution in [3.63, 3.8) is 0 Å². The molecule has 18 heteroatoms. The first-order valence-corrected chi connectivity index (χ1v) is 18.4. The lowest BCUT2D eigenvalue weighted by atomic mass is 9.98. The van der Waals surface area contributed by atoms with E-state index in [1.54, 1.807) is 30.3 Å². The summed E-state index contributed by atoms with van der Waals surface area (Å²) in [4.78, 5) is 60.5. The van der Waals surface area contributed by atoms with E-state index < -0.39 is 93.4 Å². The van der Waals surface area contributed by atoms with Crippen LogP contribution in [-0.4, -0.2) is 65.5 Å². The Hall–Kier alpha value is -2.84. The molecule has 3 N–H and O–H groups in total. The van der Waals surface area contributed by atoms with E-state index in [2.05, 4.69) is 5.32 Å². The van der Waals surface area contributed by atoms with E-state index in [0.717, 1.165) is 0 Å². The maximum Gasteiger partial charge on any atom is 0.407 e. The van der Waals surface area contributed by atoms with Crippen LogP contribution in [0, 0.1) is 16.2 Å². The molecule has 0 spiro atoms. The molecule has 0 saturated carbocycles. The van der Waals surface area contributed by atoms with Gasteiger partial charge in [-0.2, -0.15) is 0 Å². The van der Waals surface area contributed by atoms with E-state index >= 15 is 0 Å². The van der Waals surface area contributed by atoms with Gasteiger partial charge >= 0.3 is 39.2 Å². The number of rotatable bonds is 17. The lowest BCUT2D eigenvalue weighted by Gasteiger charge is -2.37. The van der Waals surface area contributed by atoms with E-state index in [-0.39, 0.29) is 13.0 Å². The van der Waals surface area contributed by atoms with Crippen LogP contribution in [0.25, 0.3) is 0 Å². The molecule has 0 aliphatic heterocycles. The number of alkyl carbamates (subject to hydrolysis) is 1. The summed E-state index contributed by atoms with van der Waals surface area (Å²) in [6.45, 7) is 11.6.